The van der Waals surface area contributed by atoms with Crippen molar-refractivity contribution >= 4 is 29.2 Å². The topological polar surface area (TPSA) is 64.0 Å². The number of nitrogens with one attached hydrogen (secondary N) is 1. The maximum absolute atomic E-state index is 12.5. The number of fused-ring (bicyclic) bond motifs is 1. The first-order valence-electron chi connectivity index (χ1n) is 6.16. The van der Waals surface area contributed by atoms with E-state index in [1.165, 1.54) is 4.68 Å². The molecule has 0 saturated heterocycles. The Labute approximate surface area is 120 Å². The first kappa shape index (κ1) is 12.9. The lowest BCUT2D eigenvalue weighted by Crippen LogP contribution is -2.38. The van der Waals surface area contributed by atoms with Crippen molar-refractivity contribution < 1.29 is 9.59 Å². The van der Waals surface area contributed by atoms with E-state index < -0.39 is 5.92 Å². The maximum atomic E-state index is 12.5. The van der Waals surface area contributed by atoms with Gasteiger partial charge in [0, 0.05) is 10.6 Å². The number of rotatable bonds is 1. The van der Waals surface area contributed by atoms with Gasteiger partial charge in [-0.05, 0) is 31.5 Å². The molecule has 6 heteroatoms. The molecule has 0 radical (unpaired) electrons. The zero-order valence-corrected chi connectivity index (χ0v) is 11.7. The fourth-order valence-electron chi connectivity index (χ4n) is 2.31. The highest BCUT2D eigenvalue weighted by molar-refractivity contribution is 6.30. The van der Waals surface area contributed by atoms with Gasteiger partial charge in [0.2, 0.25) is 5.91 Å². The fourth-order valence-corrected chi connectivity index (χ4v) is 2.51. The van der Waals surface area contributed by atoms with Gasteiger partial charge in [-0.1, -0.05) is 23.7 Å². The van der Waals surface area contributed by atoms with Crippen LogP contribution in [0.25, 0.3) is 0 Å². The predicted molar refractivity (Wildman–Crippen MR) is 75.2 cm³/mol. The van der Waals surface area contributed by atoms with Gasteiger partial charge in [0.15, 0.2) is 0 Å². The van der Waals surface area contributed by atoms with E-state index in [9.17, 15) is 9.59 Å². The Bertz CT molecular complexity index is 736. The van der Waals surface area contributed by atoms with E-state index in [2.05, 4.69) is 10.4 Å². The van der Waals surface area contributed by atoms with Crippen LogP contribution in [-0.4, -0.2) is 21.6 Å². The van der Waals surface area contributed by atoms with Crippen molar-refractivity contribution in [3.63, 3.8) is 0 Å². The first-order valence-corrected chi connectivity index (χ1v) is 6.53. The molecule has 1 atom stereocenters. The van der Waals surface area contributed by atoms with Crippen molar-refractivity contribution in [2.45, 2.75) is 19.8 Å². The second kappa shape index (κ2) is 4.45. The summed E-state index contributed by atoms with van der Waals surface area (Å²) in [5, 5.41) is 7.42. The highest BCUT2D eigenvalue weighted by Gasteiger charge is 2.37. The Hall–Kier alpha value is -2.14. The summed E-state index contributed by atoms with van der Waals surface area (Å²) in [6, 6.07) is 6.75. The number of benzene rings is 1. The second-order valence-corrected chi connectivity index (χ2v) is 5.22. The minimum absolute atomic E-state index is 0.354. The highest BCUT2D eigenvalue weighted by Crippen LogP contribution is 2.30. The van der Waals surface area contributed by atoms with E-state index in [0.29, 0.717) is 16.4 Å². The van der Waals surface area contributed by atoms with Gasteiger partial charge in [0.05, 0.1) is 5.69 Å². The van der Waals surface area contributed by atoms with E-state index in [1.807, 2.05) is 6.92 Å². The molecule has 5 nitrogen and oxygen atoms in total. The van der Waals surface area contributed by atoms with Crippen LogP contribution in [0.1, 0.15) is 27.5 Å². The molecule has 0 bridgehead atoms. The van der Waals surface area contributed by atoms with Crippen molar-refractivity contribution in [1.82, 2.24) is 9.78 Å². The summed E-state index contributed by atoms with van der Waals surface area (Å²) < 4.78 is 1.26. The number of nitrogens with zero attached hydrogens (tertiary/aromatic N) is 2. The minimum Gasteiger partial charge on any atom is -0.309 e. The van der Waals surface area contributed by atoms with Crippen molar-refractivity contribution in [2.75, 3.05) is 5.32 Å². The number of anilines is 1. The summed E-state index contributed by atoms with van der Waals surface area (Å²) in [7, 11) is 0. The molecule has 0 spiro atoms. The number of halogens is 1. The Kier molecular flexibility index (Phi) is 2.87. The molecule has 1 aliphatic rings. The molecule has 0 fully saturated rings. The lowest BCUT2D eigenvalue weighted by molar-refractivity contribution is -0.117. The number of carbonyl (C=O) groups excluding carboxylic acids is 2. The molecule has 2 aromatic rings. The first-order chi connectivity index (χ1) is 9.49. The Morgan fingerprint density at radius 3 is 2.75 bits per heavy atom. The average Bonchev–Trinajstić information content (AvgIpc) is 2.67. The Morgan fingerprint density at radius 1 is 1.30 bits per heavy atom. The second-order valence-electron chi connectivity index (χ2n) is 4.79. The van der Waals surface area contributed by atoms with Gasteiger partial charge in [-0.25, -0.2) is 0 Å². The Morgan fingerprint density at radius 2 is 2.05 bits per heavy atom. The van der Waals surface area contributed by atoms with Crippen LogP contribution in [0.15, 0.2) is 24.3 Å². The third kappa shape index (κ3) is 1.82. The number of hydrogen-bond acceptors (Lipinski definition) is 3. The monoisotopic (exact) mass is 289 g/mol. The van der Waals surface area contributed by atoms with E-state index in [0.717, 1.165) is 11.3 Å². The smallest absolute Gasteiger partial charge is 0.265 e. The molecule has 1 aromatic carbocycles. The highest BCUT2D eigenvalue weighted by atomic mass is 35.5. The predicted octanol–water partition coefficient (Wildman–Crippen LogP) is 2.53. The number of aryl methyl sites for hydroxylation is 1. The third-order valence-electron chi connectivity index (χ3n) is 3.50. The fraction of sp³-hybridized carbons (Fsp3) is 0.214. The molecule has 1 unspecified atom stereocenters. The van der Waals surface area contributed by atoms with E-state index in [1.54, 1.807) is 31.2 Å². The van der Waals surface area contributed by atoms with Crippen LogP contribution in [-0.2, 0) is 4.79 Å². The van der Waals surface area contributed by atoms with Crippen LogP contribution < -0.4 is 5.32 Å². The normalized spacial score (nSPS) is 17.9. The van der Waals surface area contributed by atoms with Crippen molar-refractivity contribution in [3.8, 4) is 0 Å². The summed E-state index contributed by atoms with van der Waals surface area (Å²) in [6.45, 7) is 3.62. The van der Waals surface area contributed by atoms with Gasteiger partial charge in [-0.3, -0.25) is 9.59 Å². The number of hydrogen-bond donors (Lipinski definition) is 1. The molecule has 0 saturated carbocycles. The molecule has 1 aromatic heterocycles. The van der Waals surface area contributed by atoms with Gasteiger partial charge < -0.3 is 5.32 Å². The summed E-state index contributed by atoms with van der Waals surface area (Å²) in [6.07, 6.45) is 0. The molecule has 3 rings (SSSR count). The third-order valence-corrected chi connectivity index (χ3v) is 3.74. The van der Waals surface area contributed by atoms with Gasteiger partial charge in [0.1, 0.15) is 11.7 Å². The van der Waals surface area contributed by atoms with E-state index >= 15 is 0 Å². The maximum Gasteiger partial charge on any atom is 0.265 e. The number of aromatic nitrogens is 2. The summed E-state index contributed by atoms with van der Waals surface area (Å²) in [4.78, 5) is 24.7. The zero-order chi connectivity index (χ0) is 14.4. The largest absolute Gasteiger partial charge is 0.309 e. The average molecular weight is 290 g/mol. The Balaban J connectivity index is 2.11. The molecule has 102 valence electrons. The van der Waals surface area contributed by atoms with Crippen molar-refractivity contribution in [3.05, 3.63) is 46.1 Å². The van der Waals surface area contributed by atoms with Crippen molar-refractivity contribution in [1.29, 1.82) is 0 Å². The van der Waals surface area contributed by atoms with Crippen LogP contribution in [0.3, 0.4) is 0 Å². The van der Waals surface area contributed by atoms with Crippen LogP contribution in [0, 0.1) is 13.8 Å². The van der Waals surface area contributed by atoms with Crippen LogP contribution in [0.5, 0.6) is 0 Å². The molecular weight excluding hydrogens is 278 g/mol. The van der Waals surface area contributed by atoms with Crippen molar-refractivity contribution in [2.24, 2.45) is 0 Å². The molecule has 2 heterocycles. The molecular formula is C14H12ClN3O2. The van der Waals surface area contributed by atoms with Gasteiger partial charge >= 0.3 is 0 Å². The SMILES string of the molecule is Cc1nn2c(c1C)NC(=O)C(c1cccc(Cl)c1)C2=O. The van der Waals surface area contributed by atoms with Crippen LogP contribution in [0.2, 0.25) is 5.02 Å². The summed E-state index contributed by atoms with van der Waals surface area (Å²) in [5.74, 6) is -1.18. The summed E-state index contributed by atoms with van der Waals surface area (Å²) >= 11 is 5.92. The number of amides is 1. The summed E-state index contributed by atoms with van der Waals surface area (Å²) in [5.41, 5.74) is 2.09. The standard InChI is InChI=1S/C14H12ClN3O2/c1-7-8(2)17-18-12(7)16-13(19)11(14(18)20)9-4-3-5-10(15)6-9/h3-6,11H,1-2H3,(H,16,19). The molecule has 1 aliphatic heterocycles. The van der Waals surface area contributed by atoms with E-state index in [-0.39, 0.29) is 11.8 Å². The minimum atomic E-state index is -0.917. The van der Waals surface area contributed by atoms with Gasteiger partial charge in [-0.2, -0.15) is 9.78 Å². The molecule has 0 aliphatic carbocycles. The lowest BCUT2D eigenvalue weighted by Gasteiger charge is -2.22. The zero-order valence-electron chi connectivity index (χ0n) is 11.0. The molecule has 20 heavy (non-hydrogen) atoms. The number of carbonyl (C=O) groups is 2. The van der Waals surface area contributed by atoms with E-state index in [4.69, 9.17) is 11.6 Å². The van der Waals surface area contributed by atoms with Crippen LogP contribution >= 0.6 is 11.6 Å². The quantitative estimate of drug-likeness (QED) is 0.821. The molecule has 1 N–H and O–H groups in total. The van der Waals surface area contributed by atoms with Gasteiger partial charge in [-0.15, -0.1) is 0 Å². The van der Waals surface area contributed by atoms with Crippen LogP contribution in [0.4, 0.5) is 5.82 Å². The van der Waals surface area contributed by atoms with Gasteiger partial charge in [0.25, 0.3) is 5.91 Å². The lowest BCUT2D eigenvalue weighted by atomic mass is 9.96. The molecule has 1 amide bonds.